The van der Waals surface area contributed by atoms with E-state index < -0.39 is 6.10 Å². The van der Waals surface area contributed by atoms with Crippen LogP contribution in [0.3, 0.4) is 0 Å². The Morgan fingerprint density at radius 1 is 1.17 bits per heavy atom. The largest absolute Gasteiger partial charge is 0.378 e. The smallest absolute Gasteiger partial charge is 0.256 e. The first-order chi connectivity index (χ1) is 14.0. The molecule has 7 heteroatoms. The highest BCUT2D eigenvalue weighted by molar-refractivity contribution is 6.31. The maximum Gasteiger partial charge on any atom is 0.256 e. The van der Waals surface area contributed by atoms with Gasteiger partial charge in [-0.3, -0.25) is 4.79 Å². The fourth-order valence-corrected chi connectivity index (χ4v) is 4.30. The number of fused-ring (bicyclic) bond motifs is 1. The van der Waals surface area contributed by atoms with Gasteiger partial charge in [0.25, 0.3) is 5.91 Å². The number of aliphatic hydroxyl groups excluding tert-OH is 1. The van der Waals surface area contributed by atoms with Crippen molar-refractivity contribution >= 4 is 28.7 Å². The highest BCUT2D eigenvalue weighted by Gasteiger charge is 2.31. The second-order valence-electron chi connectivity index (χ2n) is 7.82. The zero-order valence-corrected chi connectivity index (χ0v) is 17.4. The van der Waals surface area contributed by atoms with Crippen LogP contribution in [0.15, 0.2) is 42.6 Å². The molecule has 1 unspecified atom stereocenters. The van der Waals surface area contributed by atoms with Crippen LogP contribution in [0, 0.1) is 0 Å². The van der Waals surface area contributed by atoms with E-state index in [1.54, 1.807) is 35.4 Å². The number of nitrogens with zero attached hydrogens (tertiary/aromatic N) is 4. The first-order valence-electron chi connectivity index (χ1n) is 10.0. The number of aliphatic hydroxyl groups is 1. The molecule has 2 aromatic heterocycles. The van der Waals surface area contributed by atoms with Crippen LogP contribution in [0.4, 0.5) is 0 Å². The number of amides is 1. The number of aromatic nitrogens is 3. The van der Waals surface area contributed by atoms with Crippen molar-refractivity contribution in [1.82, 2.24) is 19.4 Å². The third-order valence-corrected chi connectivity index (χ3v) is 5.91. The number of halogens is 1. The van der Waals surface area contributed by atoms with E-state index in [0.717, 1.165) is 29.8 Å². The molecule has 1 aliphatic rings. The summed E-state index contributed by atoms with van der Waals surface area (Å²) in [5, 5.41) is 10.9. The van der Waals surface area contributed by atoms with Gasteiger partial charge in [-0.05, 0) is 31.0 Å². The Hall–Kier alpha value is -2.44. The Bertz CT molecular complexity index is 1020. The summed E-state index contributed by atoms with van der Waals surface area (Å²) >= 11 is 6.15. The van der Waals surface area contributed by atoms with Crippen LogP contribution < -0.4 is 0 Å². The van der Waals surface area contributed by atoms with Crippen molar-refractivity contribution < 1.29 is 9.90 Å². The number of hydrogen-bond donors (Lipinski definition) is 1. The molecule has 29 heavy (non-hydrogen) atoms. The summed E-state index contributed by atoms with van der Waals surface area (Å²) in [5.41, 5.74) is 2.26. The number of imidazole rings is 1. The van der Waals surface area contributed by atoms with E-state index in [1.807, 2.05) is 12.1 Å². The minimum Gasteiger partial charge on any atom is -0.378 e. The van der Waals surface area contributed by atoms with Crippen molar-refractivity contribution in [3.8, 4) is 0 Å². The molecule has 0 aliphatic carbocycles. The number of rotatable bonds is 4. The molecule has 0 radical (unpaired) electrons. The Kier molecular flexibility index (Phi) is 5.56. The first-order valence-corrected chi connectivity index (χ1v) is 10.4. The third kappa shape index (κ3) is 3.74. The molecule has 1 saturated heterocycles. The zero-order valence-electron chi connectivity index (χ0n) is 16.6. The summed E-state index contributed by atoms with van der Waals surface area (Å²) in [6.45, 7) is 5.43. The van der Waals surface area contributed by atoms with Crippen molar-refractivity contribution in [3.05, 3.63) is 59.0 Å². The van der Waals surface area contributed by atoms with Crippen molar-refractivity contribution in [2.45, 2.75) is 44.8 Å². The van der Waals surface area contributed by atoms with Crippen LogP contribution in [0.5, 0.6) is 0 Å². The predicted molar refractivity (Wildman–Crippen MR) is 113 cm³/mol. The monoisotopic (exact) mass is 412 g/mol. The Balaban J connectivity index is 1.52. The van der Waals surface area contributed by atoms with E-state index in [9.17, 15) is 9.90 Å². The lowest BCUT2D eigenvalue weighted by Gasteiger charge is -2.34. The lowest BCUT2D eigenvalue weighted by Crippen LogP contribution is -2.41. The summed E-state index contributed by atoms with van der Waals surface area (Å²) < 4.78 is 2.24. The third-order valence-electron chi connectivity index (χ3n) is 5.57. The standard InChI is InChI=1S/C22H25ClN4O2/c1-14(2)20-25-18-8-5-11-24-21(18)27(20)15-9-12-26(13-10-15)22(29)19(28)16-6-3-4-7-17(16)23/h3-8,11,14-15,19,28H,9-10,12-13H2,1-2H3. The number of carbonyl (C=O) groups excluding carboxylic acids is 1. The van der Waals surface area contributed by atoms with E-state index >= 15 is 0 Å². The van der Waals surface area contributed by atoms with Gasteiger partial charge < -0.3 is 14.6 Å². The van der Waals surface area contributed by atoms with Crippen molar-refractivity contribution in [2.24, 2.45) is 0 Å². The van der Waals surface area contributed by atoms with E-state index in [1.165, 1.54) is 0 Å². The maximum absolute atomic E-state index is 12.8. The number of carbonyl (C=O) groups is 1. The highest BCUT2D eigenvalue weighted by Crippen LogP contribution is 2.32. The average molecular weight is 413 g/mol. The molecule has 6 nitrogen and oxygen atoms in total. The van der Waals surface area contributed by atoms with Crippen molar-refractivity contribution in [2.75, 3.05) is 13.1 Å². The van der Waals surface area contributed by atoms with E-state index in [4.69, 9.17) is 16.6 Å². The Morgan fingerprint density at radius 3 is 2.59 bits per heavy atom. The molecule has 1 atom stereocenters. The number of piperidine rings is 1. The predicted octanol–water partition coefficient (Wildman–Crippen LogP) is 4.11. The minimum atomic E-state index is -1.23. The first kappa shape index (κ1) is 19.9. The van der Waals surface area contributed by atoms with Crippen LogP contribution in [0.25, 0.3) is 11.2 Å². The van der Waals surface area contributed by atoms with Gasteiger partial charge in [0.15, 0.2) is 11.8 Å². The minimum absolute atomic E-state index is 0.230. The lowest BCUT2D eigenvalue weighted by molar-refractivity contribution is -0.141. The molecule has 152 valence electrons. The van der Waals surface area contributed by atoms with Gasteiger partial charge in [-0.25, -0.2) is 9.97 Å². The quantitative estimate of drug-likeness (QED) is 0.700. The molecule has 1 N–H and O–H groups in total. The number of benzene rings is 1. The summed E-state index contributed by atoms with van der Waals surface area (Å²) in [6.07, 6.45) is 2.15. The molecule has 1 fully saturated rings. The molecule has 1 aliphatic heterocycles. The second-order valence-corrected chi connectivity index (χ2v) is 8.23. The number of pyridine rings is 1. The number of hydrogen-bond acceptors (Lipinski definition) is 4. The molecular weight excluding hydrogens is 388 g/mol. The molecule has 1 aromatic carbocycles. The van der Waals surface area contributed by atoms with Gasteiger partial charge in [0, 0.05) is 41.8 Å². The van der Waals surface area contributed by atoms with Gasteiger partial charge in [-0.2, -0.15) is 0 Å². The van der Waals surface area contributed by atoms with Crippen molar-refractivity contribution in [3.63, 3.8) is 0 Å². The van der Waals surface area contributed by atoms with E-state index in [0.29, 0.717) is 23.7 Å². The normalized spacial score (nSPS) is 16.5. The van der Waals surface area contributed by atoms with Crippen molar-refractivity contribution in [1.29, 1.82) is 0 Å². The van der Waals surface area contributed by atoms with Crippen LogP contribution in [-0.2, 0) is 4.79 Å². The van der Waals surface area contributed by atoms with Crippen LogP contribution in [-0.4, -0.2) is 43.5 Å². The van der Waals surface area contributed by atoms with Gasteiger partial charge in [0.05, 0.1) is 0 Å². The Morgan fingerprint density at radius 2 is 1.90 bits per heavy atom. The summed E-state index contributed by atoms with van der Waals surface area (Å²) in [7, 11) is 0. The van der Waals surface area contributed by atoms with Gasteiger partial charge in [-0.15, -0.1) is 0 Å². The van der Waals surface area contributed by atoms with Crippen LogP contribution >= 0.6 is 11.6 Å². The molecule has 0 saturated carbocycles. The van der Waals surface area contributed by atoms with Gasteiger partial charge >= 0.3 is 0 Å². The van der Waals surface area contributed by atoms with Crippen LogP contribution in [0.2, 0.25) is 5.02 Å². The van der Waals surface area contributed by atoms with Crippen LogP contribution in [0.1, 0.15) is 56.1 Å². The number of likely N-dealkylation sites (tertiary alicyclic amines) is 1. The molecular formula is C22H25ClN4O2. The molecule has 0 bridgehead atoms. The topological polar surface area (TPSA) is 71.2 Å². The van der Waals surface area contributed by atoms with Gasteiger partial charge in [0.1, 0.15) is 11.3 Å². The van der Waals surface area contributed by atoms with Gasteiger partial charge in [0.2, 0.25) is 0 Å². The molecule has 0 spiro atoms. The molecule has 1 amide bonds. The molecule has 4 rings (SSSR count). The average Bonchev–Trinajstić information content (AvgIpc) is 3.13. The van der Waals surface area contributed by atoms with E-state index in [2.05, 4.69) is 23.4 Å². The summed E-state index contributed by atoms with van der Waals surface area (Å²) in [5.74, 6) is 1.01. The fourth-order valence-electron chi connectivity index (χ4n) is 4.06. The highest BCUT2D eigenvalue weighted by atomic mass is 35.5. The second kappa shape index (κ2) is 8.13. The SMILES string of the molecule is CC(C)c1nc2cccnc2n1C1CCN(C(=O)C(O)c2ccccc2Cl)CC1. The zero-order chi connectivity index (χ0) is 20.5. The maximum atomic E-state index is 12.8. The lowest BCUT2D eigenvalue weighted by atomic mass is 10.0. The summed E-state index contributed by atoms with van der Waals surface area (Å²) in [4.78, 5) is 23.9. The van der Waals surface area contributed by atoms with Gasteiger partial charge in [-0.1, -0.05) is 43.6 Å². The summed E-state index contributed by atoms with van der Waals surface area (Å²) in [6, 6.07) is 11.1. The molecule has 3 aromatic rings. The fraction of sp³-hybridized carbons (Fsp3) is 0.409. The van der Waals surface area contributed by atoms with E-state index in [-0.39, 0.29) is 17.9 Å². The molecule has 3 heterocycles. The Labute approximate surface area is 175 Å².